The van der Waals surface area contributed by atoms with Crippen LogP contribution in [0.1, 0.15) is 23.6 Å². The summed E-state index contributed by atoms with van der Waals surface area (Å²) in [5, 5.41) is 22.1. The van der Waals surface area contributed by atoms with E-state index in [4.69, 9.17) is 4.74 Å². The molecule has 0 spiro atoms. The van der Waals surface area contributed by atoms with Crippen LogP contribution >= 0.6 is 0 Å². The molecule has 1 unspecified atom stereocenters. The highest BCUT2D eigenvalue weighted by atomic mass is 16.6. The third-order valence-corrected chi connectivity index (χ3v) is 6.17. The van der Waals surface area contributed by atoms with Crippen LogP contribution in [-0.4, -0.2) is 70.9 Å². The van der Waals surface area contributed by atoms with Crippen molar-refractivity contribution >= 4 is 23.5 Å². The summed E-state index contributed by atoms with van der Waals surface area (Å²) in [6, 6.07) is 14.1. The second-order valence-electron chi connectivity index (χ2n) is 8.43. The maximum Gasteiger partial charge on any atom is 0.290 e. The Morgan fingerprint density at radius 1 is 1.11 bits per heavy atom. The van der Waals surface area contributed by atoms with Crippen LogP contribution in [0.4, 0.5) is 5.69 Å². The number of aliphatic hydroxyl groups is 1. The van der Waals surface area contributed by atoms with Crippen molar-refractivity contribution in [2.24, 2.45) is 0 Å². The molecule has 1 N–H and O–H groups in total. The van der Waals surface area contributed by atoms with E-state index in [-0.39, 0.29) is 17.8 Å². The van der Waals surface area contributed by atoms with Crippen molar-refractivity contribution in [3.63, 3.8) is 0 Å². The minimum atomic E-state index is -0.917. The monoisotopic (exact) mass is 477 g/mol. The first-order chi connectivity index (χ1) is 17.0. The van der Waals surface area contributed by atoms with Gasteiger partial charge in [-0.05, 0) is 23.6 Å². The molecule has 2 heterocycles. The van der Waals surface area contributed by atoms with Gasteiger partial charge in [0, 0.05) is 38.3 Å². The minimum Gasteiger partial charge on any atom is -0.503 e. The molecule has 1 atom stereocenters. The van der Waals surface area contributed by atoms with Crippen LogP contribution < -0.4 is 0 Å². The van der Waals surface area contributed by atoms with Crippen LogP contribution in [0.5, 0.6) is 0 Å². The summed E-state index contributed by atoms with van der Waals surface area (Å²) in [6.45, 7) is 3.94. The normalized spacial score (nSPS) is 19.0. The van der Waals surface area contributed by atoms with E-state index in [1.54, 1.807) is 12.1 Å². The van der Waals surface area contributed by atoms with Crippen molar-refractivity contribution in [3.05, 3.63) is 93.2 Å². The number of carbonyl (C=O) groups is 2. The number of allylic oxidation sites excluding steroid dienone is 1. The van der Waals surface area contributed by atoms with Gasteiger partial charge >= 0.3 is 0 Å². The molecular formula is C26H27N3O6. The van der Waals surface area contributed by atoms with Gasteiger partial charge in [0.1, 0.15) is 0 Å². The average molecular weight is 478 g/mol. The molecule has 9 heteroatoms. The Morgan fingerprint density at radius 2 is 1.86 bits per heavy atom. The van der Waals surface area contributed by atoms with Crippen molar-refractivity contribution in [2.75, 3.05) is 39.4 Å². The zero-order valence-corrected chi connectivity index (χ0v) is 19.2. The van der Waals surface area contributed by atoms with Crippen LogP contribution in [0.2, 0.25) is 0 Å². The number of carbonyl (C=O) groups excluding carboxylic acids is 2. The van der Waals surface area contributed by atoms with Crippen LogP contribution in [-0.2, 0) is 14.3 Å². The van der Waals surface area contributed by atoms with E-state index in [0.29, 0.717) is 25.2 Å². The second kappa shape index (κ2) is 11.1. The first-order valence-corrected chi connectivity index (χ1v) is 11.5. The molecule has 9 nitrogen and oxygen atoms in total. The van der Waals surface area contributed by atoms with Gasteiger partial charge in [-0.1, -0.05) is 48.5 Å². The Bertz CT molecular complexity index is 1150. The van der Waals surface area contributed by atoms with E-state index in [0.717, 1.165) is 25.2 Å². The zero-order valence-electron chi connectivity index (χ0n) is 19.2. The fourth-order valence-electron chi connectivity index (χ4n) is 4.41. The summed E-state index contributed by atoms with van der Waals surface area (Å²) in [5.41, 5.74) is 0.967. The zero-order chi connectivity index (χ0) is 24.8. The molecule has 4 rings (SSSR count). The lowest BCUT2D eigenvalue weighted by atomic mass is 9.95. The summed E-state index contributed by atoms with van der Waals surface area (Å²) in [4.78, 5) is 40.8. The standard InChI is InChI=1S/C26H27N3O6/c30-22(11-10-19-6-2-1-3-7-19)23-24(20-8-4-9-21(18-20)29(33)34)28(26(32)25(23)31)13-5-12-27-14-16-35-17-15-27/h1-4,6-11,18,24,31H,5,12-17H2/b11-10+. The molecule has 0 bridgehead atoms. The predicted octanol–water partition coefficient (Wildman–Crippen LogP) is 3.30. The Kier molecular flexibility index (Phi) is 7.69. The van der Waals surface area contributed by atoms with E-state index >= 15 is 0 Å². The molecule has 2 aliphatic heterocycles. The summed E-state index contributed by atoms with van der Waals surface area (Å²) < 4.78 is 5.37. The summed E-state index contributed by atoms with van der Waals surface area (Å²) in [6.07, 6.45) is 3.54. The molecule has 2 aliphatic rings. The quantitative estimate of drug-likeness (QED) is 0.335. The van der Waals surface area contributed by atoms with Gasteiger partial charge in [-0.3, -0.25) is 24.6 Å². The summed E-state index contributed by atoms with van der Waals surface area (Å²) in [7, 11) is 0. The first kappa shape index (κ1) is 24.3. The molecule has 0 aromatic heterocycles. The van der Waals surface area contributed by atoms with Gasteiger partial charge in [-0.25, -0.2) is 0 Å². The van der Waals surface area contributed by atoms with Gasteiger partial charge in [0.2, 0.25) is 0 Å². The Balaban J connectivity index is 1.61. The lowest BCUT2D eigenvalue weighted by Gasteiger charge is -2.29. The topological polar surface area (TPSA) is 113 Å². The Morgan fingerprint density at radius 3 is 2.57 bits per heavy atom. The number of ketones is 1. The number of nitrogens with zero attached hydrogens (tertiary/aromatic N) is 3. The van der Waals surface area contributed by atoms with Gasteiger partial charge in [-0.2, -0.15) is 0 Å². The molecule has 2 aromatic carbocycles. The molecule has 0 radical (unpaired) electrons. The van der Waals surface area contributed by atoms with Crippen LogP contribution in [0, 0.1) is 10.1 Å². The Hall–Kier alpha value is -3.82. The summed E-state index contributed by atoms with van der Waals surface area (Å²) in [5.74, 6) is -1.79. The minimum absolute atomic E-state index is 0.0750. The van der Waals surface area contributed by atoms with Gasteiger partial charge in [-0.15, -0.1) is 0 Å². The number of aliphatic hydroxyl groups excluding tert-OH is 1. The predicted molar refractivity (Wildman–Crippen MR) is 130 cm³/mol. The molecule has 35 heavy (non-hydrogen) atoms. The van der Waals surface area contributed by atoms with Crippen LogP contribution in [0.3, 0.4) is 0 Å². The van der Waals surface area contributed by atoms with Gasteiger partial charge in [0.05, 0.1) is 29.8 Å². The Labute approximate surface area is 203 Å². The summed E-state index contributed by atoms with van der Waals surface area (Å²) >= 11 is 0. The third kappa shape index (κ3) is 5.64. The van der Waals surface area contributed by atoms with Gasteiger partial charge in [0.25, 0.3) is 11.6 Å². The number of morpholine rings is 1. The van der Waals surface area contributed by atoms with Crippen molar-refractivity contribution < 1.29 is 24.4 Å². The molecule has 1 amide bonds. The average Bonchev–Trinajstić information content (AvgIpc) is 3.14. The van der Waals surface area contributed by atoms with Crippen LogP contribution in [0.15, 0.2) is 72.0 Å². The van der Waals surface area contributed by atoms with E-state index < -0.39 is 28.4 Å². The largest absolute Gasteiger partial charge is 0.503 e. The van der Waals surface area contributed by atoms with Crippen molar-refractivity contribution in [1.29, 1.82) is 0 Å². The molecule has 0 saturated carbocycles. The van der Waals surface area contributed by atoms with Gasteiger partial charge in [0.15, 0.2) is 11.5 Å². The first-order valence-electron chi connectivity index (χ1n) is 11.5. The van der Waals surface area contributed by atoms with E-state index in [9.17, 15) is 24.8 Å². The lowest BCUT2D eigenvalue weighted by Crippen LogP contribution is -2.39. The second-order valence-corrected chi connectivity index (χ2v) is 8.43. The molecule has 2 aromatic rings. The maximum atomic E-state index is 13.2. The molecule has 1 saturated heterocycles. The fourth-order valence-corrected chi connectivity index (χ4v) is 4.41. The number of hydrogen-bond donors (Lipinski definition) is 1. The molecule has 182 valence electrons. The van der Waals surface area contributed by atoms with Crippen molar-refractivity contribution in [2.45, 2.75) is 12.5 Å². The SMILES string of the molecule is O=C(/C=C/c1ccccc1)C1=C(O)C(=O)N(CCCN2CCOCC2)C1c1cccc([N+](=O)[O-])c1. The number of benzene rings is 2. The number of hydrogen-bond acceptors (Lipinski definition) is 7. The number of ether oxygens (including phenoxy) is 1. The fraction of sp³-hybridized carbons (Fsp3) is 0.308. The number of nitro benzene ring substituents is 1. The highest BCUT2D eigenvalue weighted by Crippen LogP contribution is 2.39. The van der Waals surface area contributed by atoms with E-state index in [1.807, 2.05) is 30.3 Å². The molecule has 1 fully saturated rings. The maximum absolute atomic E-state index is 13.2. The van der Waals surface area contributed by atoms with Crippen molar-refractivity contribution in [1.82, 2.24) is 9.80 Å². The van der Waals surface area contributed by atoms with E-state index in [1.165, 1.54) is 29.2 Å². The molecule has 0 aliphatic carbocycles. The highest BCUT2D eigenvalue weighted by molar-refractivity contribution is 6.14. The van der Waals surface area contributed by atoms with Gasteiger partial charge < -0.3 is 14.7 Å². The van der Waals surface area contributed by atoms with Crippen LogP contribution in [0.25, 0.3) is 6.08 Å². The number of rotatable bonds is 9. The lowest BCUT2D eigenvalue weighted by molar-refractivity contribution is -0.384. The number of nitro groups is 1. The number of amides is 1. The molecular weight excluding hydrogens is 450 g/mol. The van der Waals surface area contributed by atoms with E-state index in [2.05, 4.69) is 4.90 Å². The van der Waals surface area contributed by atoms with Crippen molar-refractivity contribution in [3.8, 4) is 0 Å². The number of non-ortho nitro benzene ring substituents is 1. The smallest absolute Gasteiger partial charge is 0.290 e. The third-order valence-electron chi connectivity index (χ3n) is 6.17. The highest BCUT2D eigenvalue weighted by Gasteiger charge is 2.43.